The minimum Gasteiger partial charge on any atom is -0.330 e. The van der Waals surface area contributed by atoms with E-state index in [1.54, 1.807) is 0 Å². The molecule has 3 unspecified atom stereocenters. The first-order chi connectivity index (χ1) is 9.27. The minimum atomic E-state index is -0.670. The van der Waals surface area contributed by atoms with Gasteiger partial charge in [-0.05, 0) is 19.5 Å². The minimum absolute atomic E-state index is 0. The summed E-state index contributed by atoms with van der Waals surface area (Å²) in [6, 6.07) is 21.4. The lowest BCUT2D eigenvalue weighted by Crippen LogP contribution is -2.24. The molecule has 1 fully saturated rings. The standard InChI is InChI=1S/C16H18NOP.B/c1-13-16(14-9-5-3-6-10-14)18-19(17(13)2)15-11-7-4-8-12-15;/h3-13,16H,1-2H3;. The zero-order valence-electron chi connectivity index (χ0n) is 11.8. The molecule has 0 N–H and O–H groups in total. The Labute approximate surface area is 124 Å². The van der Waals surface area contributed by atoms with Crippen molar-refractivity contribution in [2.24, 2.45) is 0 Å². The van der Waals surface area contributed by atoms with Crippen molar-refractivity contribution < 1.29 is 4.52 Å². The predicted molar refractivity (Wildman–Crippen MR) is 86.2 cm³/mol. The van der Waals surface area contributed by atoms with E-state index in [0.29, 0.717) is 6.04 Å². The molecule has 2 aromatic rings. The van der Waals surface area contributed by atoms with Crippen molar-refractivity contribution in [2.75, 3.05) is 7.05 Å². The second-order valence-electron chi connectivity index (χ2n) is 4.86. The maximum absolute atomic E-state index is 6.35. The van der Waals surface area contributed by atoms with Gasteiger partial charge in [-0.1, -0.05) is 60.7 Å². The average Bonchev–Trinajstić information content (AvgIpc) is 2.77. The van der Waals surface area contributed by atoms with Gasteiger partial charge < -0.3 is 4.52 Å². The maximum Gasteiger partial charge on any atom is 0.138 e. The van der Waals surface area contributed by atoms with Crippen molar-refractivity contribution in [3.8, 4) is 0 Å². The molecule has 0 aliphatic carbocycles. The van der Waals surface area contributed by atoms with E-state index in [2.05, 4.69) is 67.2 Å². The summed E-state index contributed by atoms with van der Waals surface area (Å²) in [5.41, 5.74) is 1.27. The largest absolute Gasteiger partial charge is 0.330 e. The maximum atomic E-state index is 6.35. The number of likely N-dealkylation sites (N-methyl/N-ethyl adjacent to an activating group) is 1. The van der Waals surface area contributed by atoms with Crippen molar-refractivity contribution in [1.82, 2.24) is 4.67 Å². The monoisotopic (exact) mass is 282 g/mol. The number of hydrogen-bond donors (Lipinski definition) is 0. The van der Waals surface area contributed by atoms with Crippen molar-refractivity contribution in [3.63, 3.8) is 0 Å². The van der Waals surface area contributed by atoms with E-state index in [-0.39, 0.29) is 14.5 Å². The van der Waals surface area contributed by atoms with E-state index < -0.39 is 8.30 Å². The summed E-state index contributed by atoms with van der Waals surface area (Å²) < 4.78 is 8.71. The van der Waals surface area contributed by atoms with Gasteiger partial charge in [0.1, 0.15) is 14.4 Å². The van der Waals surface area contributed by atoms with E-state index in [4.69, 9.17) is 4.52 Å². The van der Waals surface area contributed by atoms with Crippen LogP contribution in [0.1, 0.15) is 18.6 Å². The second-order valence-corrected chi connectivity index (χ2v) is 6.76. The molecule has 1 heterocycles. The molecule has 0 bridgehead atoms. The molecule has 0 aromatic heterocycles. The average molecular weight is 282 g/mol. The van der Waals surface area contributed by atoms with Gasteiger partial charge in [0.2, 0.25) is 0 Å². The second kappa shape index (κ2) is 6.54. The van der Waals surface area contributed by atoms with E-state index in [1.807, 2.05) is 12.1 Å². The van der Waals surface area contributed by atoms with Crippen molar-refractivity contribution in [3.05, 3.63) is 66.2 Å². The van der Waals surface area contributed by atoms with Gasteiger partial charge >= 0.3 is 0 Å². The quantitative estimate of drug-likeness (QED) is 0.618. The highest BCUT2D eigenvalue weighted by molar-refractivity contribution is 7.58. The molecule has 20 heavy (non-hydrogen) atoms. The first kappa shape index (κ1) is 15.2. The summed E-state index contributed by atoms with van der Waals surface area (Å²) in [6.07, 6.45) is 0.164. The van der Waals surface area contributed by atoms with Crippen LogP contribution < -0.4 is 5.30 Å². The van der Waals surface area contributed by atoms with Crippen LogP contribution in [0.4, 0.5) is 0 Å². The van der Waals surface area contributed by atoms with Crippen LogP contribution in [0.25, 0.3) is 0 Å². The summed E-state index contributed by atoms with van der Waals surface area (Å²) in [5, 5.41) is 1.28. The zero-order chi connectivity index (χ0) is 13.2. The van der Waals surface area contributed by atoms with E-state index in [9.17, 15) is 0 Å². The van der Waals surface area contributed by atoms with Gasteiger partial charge in [0.15, 0.2) is 0 Å². The summed E-state index contributed by atoms with van der Waals surface area (Å²) in [6.45, 7) is 2.24. The molecule has 1 saturated heterocycles. The molecule has 1 aliphatic heterocycles. The Morgan fingerprint density at radius 1 is 0.950 bits per heavy atom. The topological polar surface area (TPSA) is 12.5 Å². The Morgan fingerprint density at radius 2 is 1.50 bits per heavy atom. The van der Waals surface area contributed by atoms with Crippen LogP contribution in [-0.4, -0.2) is 26.2 Å². The van der Waals surface area contributed by atoms with Gasteiger partial charge in [0.05, 0.1) is 0 Å². The Balaban J connectivity index is 0.00000147. The van der Waals surface area contributed by atoms with E-state index in [0.717, 1.165) is 0 Å². The molecule has 101 valence electrons. The summed E-state index contributed by atoms with van der Waals surface area (Å²) in [4.78, 5) is 0. The van der Waals surface area contributed by atoms with Crippen molar-refractivity contribution in [2.45, 2.75) is 19.1 Å². The van der Waals surface area contributed by atoms with Crippen LogP contribution in [0.15, 0.2) is 60.7 Å². The summed E-state index contributed by atoms with van der Waals surface area (Å²) >= 11 is 0. The van der Waals surface area contributed by atoms with Crippen LogP contribution in [-0.2, 0) is 4.52 Å². The first-order valence-electron chi connectivity index (χ1n) is 6.57. The molecule has 4 heteroatoms. The molecule has 3 rings (SSSR count). The number of nitrogens with zero attached hydrogens (tertiary/aromatic N) is 1. The van der Waals surface area contributed by atoms with Crippen LogP contribution in [0.5, 0.6) is 0 Å². The highest BCUT2D eigenvalue weighted by atomic mass is 31.2. The van der Waals surface area contributed by atoms with Gasteiger partial charge in [0.25, 0.3) is 0 Å². The van der Waals surface area contributed by atoms with Gasteiger partial charge in [-0.3, -0.25) is 4.67 Å². The molecule has 0 spiro atoms. The third-order valence-electron chi connectivity index (χ3n) is 3.63. The van der Waals surface area contributed by atoms with Gasteiger partial charge in [-0.15, -0.1) is 0 Å². The lowest BCUT2D eigenvalue weighted by atomic mass is 10.0. The fourth-order valence-corrected chi connectivity index (χ4v) is 4.44. The predicted octanol–water partition coefficient (Wildman–Crippen LogP) is 3.33. The van der Waals surface area contributed by atoms with Crippen LogP contribution >= 0.6 is 8.30 Å². The molecule has 2 nitrogen and oxygen atoms in total. The van der Waals surface area contributed by atoms with Gasteiger partial charge in [-0.2, -0.15) is 0 Å². The lowest BCUT2D eigenvalue weighted by molar-refractivity contribution is 0.218. The molecule has 3 radical (unpaired) electrons. The molecule has 1 aliphatic rings. The molecule has 2 aromatic carbocycles. The number of rotatable bonds is 2. The molecule has 0 saturated carbocycles. The smallest absolute Gasteiger partial charge is 0.138 e. The van der Waals surface area contributed by atoms with Gasteiger partial charge in [0, 0.05) is 19.8 Å². The highest BCUT2D eigenvalue weighted by Crippen LogP contribution is 2.54. The fraction of sp³-hybridized carbons (Fsp3) is 0.250. The molecular weight excluding hydrogens is 264 g/mol. The number of benzene rings is 2. The van der Waals surface area contributed by atoms with E-state index in [1.165, 1.54) is 10.9 Å². The normalized spacial score (nSPS) is 26.2. The Morgan fingerprint density at radius 3 is 2.10 bits per heavy atom. The fourth-order valence-electron chi connectivity index (χ4n) is 2.41. The van der Waals surface area contributed by atoms with Crippen molar-refractivity contribution in [1.29, 1.82) is 0 Å². The Bertz CT molecular complexity index is 487. The van der Waals surface area contributed by atoms with Crippen LogP contribution in [0.2, 0.25) is 0 Å². The summed E-state index contributed by atoms with van der Waals surface area (Å²) in [7, 11) is 1.49. The zero-order valence-corrected chi connectivity index (χ0v) is 12.7. The SMILES string of the molecule is CC1C(c2ccccc2)OP(c2ccccc2)N1C.[B]. The molecular formula is C16H18BNOP. The third kappa shape index (κ3) is 2.81. The van der Waals surface area contributed by atoms with Crippen molar-refractivity contribution >= 4 is 22.0 Å². The van der Waals surface area contributed by atoms with Gasteiger partial charge in [-0.25, -0.2) is 0 Å². The lowest BCUT2D eigenvalue weighted by Gasteiger charge is -2.20. The van der Waals surface area contributed by atoms with E-state index >= 15 is 0 Å². The van der Waals surface area contributed by atoms with Crippen LogP contribution in [0, 0.1) is 0 Å². The summed E-state index contributed by atoms with van der Waals surface area (Å²) in [5.74, 6) is 0. The molecule has 0 amide bonds. The first-order valence-corrected chi connectivity index (χ1v) is 7.78. The molecule has 3 atom stereocenters. The number of hydrogen-bond acceptors (Lipinski definition) is 2. The third-order valence-corrected chi connectivity index (χ3v) is 5.74. The Kier molecular flexibility index (Phi) is 4.98. The highest BCUT2D eigenvalue weighted by Gasteiger charge is 2.39. The Hall–Kier alpha value is -1.15. The van der Waals surface area contributed by atoms with Crippen LogP contribution in [0.3, 0.4) is 0 Å².